The molecule has 0 saturated carbocycles. The molecule has 0 bridgehead atoms. The van der Waals surface area contributed by atoms with Crippen LogP contribution in [0, 0.1) is 0 Å². The van der Waals surface area contributed by atoms with E-state index < -0.39 is 5.97 Å². The molecule has 0 saturated heterocycles. The number of hydrogen-bond acceptors (Lipinski definition) is 4. The number of amides is 2. The van der Waals surface area contributed by atoms with Crippen molar-refractivity contribution in [3.63, 3.8) is 0 Å². The van der Waals surface area contributed by atoms with E-state index in [9.17, 15) is 14.4 Å². The van der Waals surface area contributed by atoms with Crippen LogP contribution in [0.15, 0.2) is 48.5 Å². The van der Waals surface area contributed by atoms with Crippen molar-refractivity contribution in [3.05, 3.63) is 59.7 Å². The van der Waals surface area contributed by atoms with Crippen LogP contribution in [0.3, 0.4) is 0 Å². The summed E-state index contributed by atoms with van der Waals surface area (Å²) in [5, 5.41) is 2.83. The molecule has 0 heterocycles. The van der Waals surface area contributed by atoms with Crippen molar-refractivity contribution >= 4 is 29.2 Å². The zero-order valence-corrected chi connectivity index (χ0v) is 15.8. The summed E-state index contributed by atoms with van der Waals surface area (Å²) in [5.41, 5.74) is 2.95. The number of nitrogens with zero attached hydrogens (tertiary/aromatic N) is 1. The van der Waals surface area contributed by atoms with Gasteiger partial charge in [-0.15, -0.1) is 0 Å². The van der Waals surface area contributed by atoms with E-state index in [0.717, 1.165) is 12.1 Å². The van der Waals surface area contributed by atoms with Crippen molar-refractivity contribution in [2.75, 3.05) is 23.9 Å². The second-order valence-corrected chi connectivity index (χ2v) is 6.06. The minimum Gasteiger partial charge on any atom is -0.465 e. The molecule has 1 N–H and O–H groups in total. The summed E-state index contributed by atoms with van der Waals surface area (Å²) in [6, 6.07) is 14.2. The number of benzene rings is 2. The smallest absolute Gasteiger partial charge is 0.337 e. The molecule has 0 aliphatic heterocycles. The second kappa shape index (κ2) is 9.52. The topological polar surface area (TPSA) is 75.7 Å². The van der Waals surface area contributed by atoms with E-state index in [0.29, 0.717) is 11.3 Å². The molecule has 2 amide bonds. The first-order valence-corrected chi connectivity index (χ1v) is 8.80. The number of aryl methyl sites for hydroxylation is 1. The molecule has 0 aliphatic rings. The maximum Gasteiger partial charge on any atom is 0.337 e. The molecule has 0 radical (unpaired) electrons. The summed E-state index contributed by atoms with van der Waals surface area (Å²) < 4.78 is 4.66. The fourth-order valence-electron chi connectivity index (χ4n) is 2.62. The van der Waals surface area contributed by atoms with Crippen LogP contribution in [0.25, 0.3) is 0 Å². The van der Waals surface area contributed by atoms with Gasteiger partial charge in [0.1, 0.15) is 0 Å². The third-order valence-corrected chi connectivity index (χ3v) is 4.19. The van der Waals surface area contributed by atoms with Gasteiger partial charge in [-0.25, -0.2) is 4.79 Å². The van der Waals surface area contributed by atoms with Gasteiger partial charge in [0.05, 0.1) is 12.7 Å². The molecule has 6 nitrogen and oxygen atoms in total. The lowest BCUT2D eigenvalue weighted by molar-refractivity contribution is -0.117. The van der Waals surface area contributed by atoms with E-state index in [-0.39, 0.29) is 24.8 Å². The van der Waals surface area contributed by atoms with Gasteiger partial charge in [0, 0.05) is 31.3 Å². The highest BCUT2D eigenvalue weighted by Gasteiger charge is 2.14. The third kappa shape index (κ3) is 5.67. The van der Waals surface area contributed by atoms with E-state index in [4.69, 9.17) is 0 Å². The molecule has 2 aromatic rings. The first-order chi connectivity index (χ1) is 12.9. The standard InChI is InChI=1S/C21H24N2O4/c1-4-16-5-9-18(10-6-16)22-20(25)13-14-23(15(2)24)19-11-7-17(8-12-19)21(26)27-3/h5-12H,4,13-14H2,1-3H3,(H,22,25). The largest absolute Gasteiger partial charge is 0.465 e. The van der Waals surface area contributed by atoms with Crippen LogP contribution in [0.5, 0.6) is 0 Å². The maximum atomic E-state index is 12.2. The lowest BCUT2D eigenvalue weighted by Gasteiger charge is -2.21. The van der Waals surface area contributed by atoms with Crippen LogP contribution in [0.2, 0.25) is 0 Å². The average molecular weight is 368 g/mol. The number of ether oxygens (including phenoxy) is 1. The van der Waals surface area contributed by atoms with Crippen LogP contribution in [-0.4, -0.2) is 31.4 Å². The summed E-state index contributed by atoms with van der Waals surface area (Å²) in [7, 11) is 1.31. The number of rotatable bonds is 7. The van der Waals surface area contributed by atoms with Crippen molar-refractivity contribution < 1.29 is 19.1 Å². The first kappa shape index (κ1) is 20.2. The van der Waals surface area contributed by atoms with E-state index in [1.54, 1.807) is 24.3 Å². The van der Waals surface area contributed by atoms with Gasteiger partial charge in [-0.2, -0.15) is 0 Å². The molecular weight excluding hydrogens is 344 g/mol. The summed E-state index contributed by atoms with van der Waals surface area (Å²) in [4.78, 5) is 37.2. The Morgan fingerprint density at radius 3 is 2.15 bits per heavy atom. The molecule has 0 spiro atoms. The Labute approximate surface area is 159 Å². The molecule has 0 atom stereocenters. The minimum absolute atomic E-state index is 0.161. The second-order valence-electron chi connectivity index (χ2n) is 6.06. The Bertz CT molecular complexity index is 798. The highest BCUT2D eigenvalue weighted by atomic mass is 16.5. The summed E-state index contributed by atoms with van der Waals surface area (Å²) in [5.74, 6) is -0.790. The molecular formula is C21H24N2O4. The monoisotopic (exact) mass is 368 g/mol. The van der Waals surface area contributed by atoms with Crippen LogP contribution in [-0.2, 0) is 20.7 Å². The molecule has 142 valence electrons. The lowest BCUT2D eigenvalue weighted by Crippen LogP contribution is -2.32. The van der Waals surface area contributed by atoms with Gasteiger partial charge in [-0.1, -0.05) is 19.1 Å². The van der Waals surface area contributed by atoms with Crippen LogP contribution < -0.4 is 10.2 Å². The van der Waals surface area contributed by atoms with Gasteiger partial charge < -0.3 is 15.0 Å². The van der Waals surface area contributed by atoms with Gasteiger partial charge in [0.2, 0.25) is 11.8 Å². The summed E-state index contributed by atoms with van der Waals surface area (Å²) in [6.07, 6.45) is 1.10. The average Bonchev–Trinajstić information content (AvgIpc) is 2.68. The van der Waals surface area contributed by atoms with Gasteiger partial charge in [0.25, 0.3) is 0 Å². The van der Waals surface area contributed by atoms with Crippen LogP contribution >= 0.6 is 0 Å². The van der Waals surface area contributed by atoms with Crippen molar-refractivity contribution in [2.24, 2.45) is 0 Å². The Kier molecular flexibility index (Phi) is 7.11. The quantitative estimate of drug-likeness (QED) is 0.760. The Morgan fingerprint density at radius 2 is 1.63 bits per heavy atom. The SMILES string of the molecule is CCc1ccc(NC(=O)CCN(C(C)=O)c2ccc(C(=O)OC)cc2)cc1. The normalized spacial score (nSPS) is 10.2. The number of anilines is 2. The third-order valence-electron chi connectivity index (χ3n) is 4.19. The van der Waals surface area contributed by atoms with E-state index in [2.05, 4.69) is 17.0 Å². The van der Waals surface area contributed by atoms with Gasteiger partial charge in [-0.05, 0) is 48.4 Å². The first-order valence-electron chi connectivity index (χ1n) is 8.80. The van der Waals surface area contributed by atoms with Crippen molar-refractivity contribution in [1.29, 1.82) is 0 Å². The van der Waals surface area contributed by atoms with Crippen molar-refractivity contribution in [1.82, 2.24) is 0 Å². The molecule has 2 rings (SSSR count). The van der Waals surface area contributed by atoms with E-state index in [1.807, 2.05) is 24.3 Å². The fourth-order valence-corrected chi connectivity index (χ4v) is 2.62. The molecule has 0 unspecified atom stereocenters. The molecule has 0 aromatic heterocycles. The number of nitrogens with one attached hydrogen (secondary N) is 1. The van der Waals surface area contributed by atoms with E-state index in [1.165, 1.54) is 24.5 Å². The number of methoxy groups -OCH3 is 1. The fraction of sp³-hybridized carbons (Fsp3) is 0.286. The maximum absolute atomic E-state index is 12.2. The number of esters is 1. The number of carbonyl (C=O) groups is 3. The predicted octanol–water partition coefficient (Wildman–Crippen LogP) is 3.42. The molecule has 2 aromatic carbocycles. The summed E-state index contributed by atoms with van der Waals surface area (Å²) >= 11 is 0. The highest BCUT2D eigenvalue weighted by molar-refractivity contribution is 5.95. The number of hydrogen-bond donors (Lipinski definition) is 1. The summed E-state index contributed by atoms with van der Waals surface area (Å²) in [6.45, 7) is 3.75. The van der Waals surface area contributed by atoms with Crippen molar-refractivity contribution in [3.8, 4) is 0 Å². The van der Waals surface area contributed by atoms with Crippen LogP contribution in [0.4, 0.5) is 11.4 Å². The zero-order valence-electron chi connectivity index (χ0n) is 15.8. The van der Waals surface area contributed by atoms with E-state index >= 15 is 0 Å². The van der Waals surface area contributed by atoms with Gasteiger partial charge >= 0.3 is 5.97 Å². The molecule has 0 fully saturated rings. The number of carbonyl (C=O) groups excluding carboxylic acids is 3. The van der Waals surface area contributed by atoms with Crippen molar-refractivity contribution in [2.45, 2.75) is 26.7 Å². The molecule has 6 heteroatoms. The highest BCUT2D eigenvalue weighted by Crippen LogP contribution is 2.17. The minimum atomic E-state index is -0.440. The molecule has 27 heavy (non-hydrogen) atoms. The molecule has 0 aliphatic carbocycles. The Hall–Kier alpha value is -3.15. The van der Waals surface area contributed by atoms with Gasteiger partial charge in [-0.3, -0.25) is 9.59 Å². The lowest BCUT2D eigenvalue weighted by atomic mass is 10.1. The predicted molar refractivity (Wildman–Crippen MR) is 105 cm³/mol. The van der Waals surface area contributed by atoms with Crippen LogP contribution in [0.1, 0.15) is 36.2 Å². The van der Waals surface area contributed by atoms with Gasteiger partial charge in [0.15, 0.2) is 0 Å². The Morgan fingerprint density at radius 1 is 1.00 bits per heavy atom. The Balaban J connectivity index is 1.98. The zero-order chi connectivity index (χ0) is 19.8.